The van der Waals surface area contributed by atoms with E-state index >= 15 is 0 Å². The summed E-state index contributed by atoms with van der Waals surface area (Å²) in [5.74, 6) is 2.34. The lowest BCUT2D eigenvalue weighted by molar-refractivity contribution is -0.206. The largest absolute Gasteiger partial charge is 0.494 e. The van der Waals surface area contributed by atoms with Crippen LogP contribution in [0.5, 0.6) is 5.75 Å². The van der Waals surface area contributed by atoms with E-state index < -0.39 is 0 Å². The number of ether oxygens (including phenoxy) is 3. The molecule has 0 saturated carbocycles. The van der Waals surface area contributed by atoms with Crippen LogP contribution in [-0.2, 0) is 9.47 Å². The third-order valence-electron chi connectivity index (χ3n) is 6.86. The summed E-state index contributed by atoms with van der Waals surface area (Å²) >= 11 is 0. The van der Waals surface area contributed by atoms with Gasteiger partial charge in [0.2, 0.25) is 0 Å². The van der Waals surface area contributed by atoms with Gasteiger partial charge in [0.15, 0.2) is 6.29 Å². The van der Waals surface area contributed by atoms with Crippen molar-refractivity contribution in [2.24, 2.45) is 11.8 Å². The molecule has 0 aliphatic carbocycles. The summed E-state index contributed by atoms with van der Waals surface area (Å²) in [4.78, 5) is 0. The summed E-state index contributed by atoms with van der Waals surface area (Å²) in [5.41, 5.74) is 3.49. The van der Waals surface area contributed by atoms with Crippen molar-refractivity contribution in [3.05, 3.63) is 54.1 Å². The first-order chi connectivity index (χ1) is 16.2. The van der Waals surface area contributed by atoms with Crippen LogP contribution in [0.2, 0.25) is 0 Å². The number of hydrogen-bond donors (Lipinski definition) is 0. The summed E-state index contributed by atoms with van der Waals surface area (Å²) in [6.07, 6.45) is 11.1. The Morgan fingerprint density at radius 3 is 2.12 bits per heavy atom. The van der Waals surface area contributed by atoms with Gasteiger partial charge in [0.1, 0.15) is 5.75 Å². The molecule has 0 bridgehead atoms. The molecule has 1 heterocycles. The fourth-order valence-electron chi connectivity index (χ4n) is 4.33. The van der Waals surface area contributed by atoms with Crippen molar-refractivity contribution in [1.29, 1.82) is 0 Å². The molecule has 1 saturated heterocycles. The van der Waals surface area contributed by atoms with Crippen LogP contribution in [0.3, 0.4) is 0 Å². The first-order valence-electron chi connectivity index (χ1n) is 13.3. The van der Waals surface area contributed by atoms with Crippen LogP contribution < -0.4 is 4.74 Å². The van der Waals surface area contributed by atoms with Crippen molar-refractivity contribution in [1.82, 2.24) is 0 Å². The van der Waals surface area contributed by atoms with Crippen LogP contribution in [-0.4, -0.2) is 19.8 Å². The predicted molar refractivity (Wildman–Crippen MR) is 138 cm³/mol. The molecule has 2 aromatic rings. The highest BCUT2D eigenvalue weighted by Gasteiger charge is 2.23. The van der Waals surface area contributed by atoms with Gasteiger partial charge >= 0.3 is 0 Å². The molecule has 0 aromatic heterocycles. The van der Waals surface area contributed by atoms with E-state index in [0.717, 1.165) is 43.5 Å². The van der Waals surface area contributed by atoms with E-state index in [0.29, 0.717) is 5.92 Å². The molecule has 0 unspecified atom stereocenters. The molecule has 0 radical (unpaired) electrons. The zero-order valence-corrected chi connectivity index (χ0v) is 21.1. The minimum Gasteiger partial charge on any atom is -0.494 e. The SMILES string of the molecule is CCCCCC1COC(c2ccc(-c3ccc(OCCCCC[C@@H](C)CC)cc3)cc2)OC1. The summed E-state index contributed by atoms with van der Waals surface area (Å²) in [6, 6.07) is 17.0. The van der Waals surface area contributed by atoms with Crippen molar-refractivity contribution in [2.45, 2.75) is 84.8 Å². The van der Waals surface area contributed by atoms with Crippen LogP contribution >= 0.6 is 0 Å². The molecule has 2 aromatic carbocycles. The van der Waals surface area contributed by atoms with Crippen LogP contribution in [0.25, 0.3) is 11.1 Å². The summed E-state index contributed by atoms with van der Waals surface area (Å²) < 4.78 is 18.0. The van der Waals surface area contributed by atoms with E-state index in [9.17, 15) is 0 Å². The Morgan fingerprint density at radius 2 is 1.48 bits per heavy atom. The van der Waals surface area contributed by atoms with E-state index in [1.807, 2.05) is 0 Å². The minimum atomic E-state index is -0.234. The molecule has 182 valence electrons. The van der Waals surface area contributed by atoms with Gasteiger partial charge in [-0.3, -0.25) is 0 Å². The molecule has 0 N–H and O–H groups in total. The number of unbranched alkanes of at least 4 members (excludes halogenated alkanes) is 4. The van der Waals surface area contributed by atoms with Gasteiger partial charge in [-0.25, -0.2) is 0 Å². The van der Waals surface area contributed by atoms with Crippen molar-refractivity contribution in [2.75, 3.05) is 19.8 Å². The van der Waals surface area contributed by atoms with Crippen LogP contribution in [0.4, 0.5) is 0 Å². The van der Waals surface area contributed by atoms with Gasteiger partial charge in [-0.15, -0.1) is 0 Å². The average molecular weight is 453 g/mol. The fourth-order valence-corrected chi connectivity index (χ4v) is 4.33. The van der Waals surface area contributed by atoms with Gasteiger partial charge in [-0.05, 0) is 42.0 Å². The van der Waals surface area contributed by atoms with Gasteiger partial charge in [0.25, 0.3) is 0 Å². The molecular weight excluding hydrogens is 408 g/mol. The van der Waals surface area contributed by atoms with Crippen molar-refractivity contribution >= 4 is 0 Å². The molecule has 3 rings (SSSR count). The standard InChI is InChI=1S/C30H44O3/c1-4-6-8-12-25-22-32-30(33-23-25)28-15-13-26(14-16-28)27-17-19-29(20-18-27)31-21-10-7-9-11-24(3)5-2/h13-20,24-25,30H,4-12,21-23H2,1-3H3/t24-,25?,30?/m0/s1. The molecule has 0 spiro atoms. The maximum Gasteiger partial charge on any atom is 0.183 e. The second-order valence-corrected chi connectivity index (χ2v) is 9.72. The second kappa shape index (κ2) is 14.4. The summed E-state index contributed by atoms with van der Waals surface area (Å²) in [7, 11) is 0. The Labute approximate surface area is 201 Å². The highest BCUT2D eigenvalue weighted by atomic mass is 16.7. The molecule has 33 heavy (non-hydrogen) atoms. The van der Waals surface area contributed by atoms with Crippen molar-refractivity contribution < 1.29 is 14.2 Å². The lowest BCUT2D eigenvalue weighted by Crippen LogP contribution is -2.27. The van der Waals surface area contributed by atoms with Gasteiger partial charge in [-0.2, -0.15) is 0 Å². The van der Waals surface area contributed by atoms with E-state index in [-0.39, 0.29) is 6.29 Å². The van der Waals surface area contributed by atoms with E-state index in [2.05, 4.69) is 69.3 Å². The number of benzene rings is 2. The maximum absolute atomic E-state index is 6.01. The molecule has 1 fully saturated rings. The molecule has 3 nitrogen and oxygen atoms in total. The lowest BCUT2D eigenvalue weighted by atomic mass is 10.0. The molecule has 1 aliphatic rings. The molecule has 1 atom stereocenters. The Balaban J connectivity index is 1.40. The zero-order chi connectivity index (χ0) is 23.3. The fraction of sp³-hybridized carbons (Fsp3) is 0.600. The number of hydrogen-bond acceptors (Lipinski definition) is 3. The Kier molecular flexibility index (Phi) is 11.3. The highest BCUT2D eigenvalue weighted by molar-refractivity contribution is 5.64. The molecular formula is C30H44O3. The van der Waals surface area contributed by atoms with Gasteiger partial charge in [-0.1, -0.05) is 102 Å². The Bertz CT molecular complexity index is 760. The van der Waals surface area contributed by atoms with Crippen molar-refractivity contribution in [3.8, 4) is 16.9 Å². The van der Waals surface area contributed by atoms with Gasteiger partial charge in [0.05, 0.1) is 19.8 Å². The quantitative estimate of drug-likeness (QED) is 0.269. The third kappa shape index (κ3) is 8.79. The monoisotopic (exact) mass is 452 g/mol. The van der Waals surface area contributed by atoms with E-state index in [1.54, 1.807) is 0 Å². The van der Waals surface area contributed by atoms with Gasteiger partial charge < -0.3 is 14.2 Å². The van der Waals surface area contributed by atoms with Crippen LogP contribution in [0, 0.1) is 11.8 Å². The first-order valence-corrected chi connectivity index (χ1v) is 13.3. The maximum atomic E-state index is 6.01. The Hall–Kier alpha value is -1.84. The van der Waals surface area contributed by atoms with Gasteiger partial charge in [0, 0.05) is 11.5 Å². The lowest BCUT2D eigenvalue weighted by Gasteiger charge is -2.29. The topological polar surface area (TPSA) is 27.7 Å². The molecule has 1 aliphatic heterocycles. The second-order valence-electron chi connectivity index (χ2n) is 9.72. The molecule has 3 heteroatoms. The summed E-state index contributed by atoms with van der Waals surface area (Å²) in [5, 5.41) is 0. The predicted octanol–water partition coefficient (Wildman–Crippen LogP) is 8.58. The average Bonchev–Trinajstić information content (AvgIpc) is 2.87. The van der Waals surface area contributed by atoms with Crippen LogP contribution in [0.15, 0.2) is 48.5 Å². The minimum absolute atomic E-state index is 0.234. The first kappa shape index (κ1) is 25.8. The Morgan fingerprint density at radius 1 is 0.818 bits per heavy atom. The smallest absolute Gasteiger partial charge is 0.183 e. The van der Waals surface area contributed by atoms with E-state index in [1.165, 1.54) is 62.5 Å². The summed E-state index contributed by atoms with van der Waals surface area (Å²) in [6.45, 7) is 9.26. The molecule has 0 amide bonds. The third-order valence-corrected chi connectivity index (χ3v) is 6.86. The highest BCUT2D eigenvalue weighted by Crippen LogP contribution is 2.29. The van der Waals surface area contributed by atoms with E-state index in [4.69, 9.17) is 14.2 Å². The van der Waals surface area contributed by atoms with Crippen molar-refractivity contribution in [3.63, 3.8) is 0 Å². The normalized spacial score (nSPS) is 19.4. The zero-order valence-electron chi connectivity index (χ0n) is 21.1. The van der Waals surface area contributed by atoms with Crippen LogP contribution in [0.1, 0.15) is 90.4 Å². The number of rotatable bonds is 14.